The molecule has 0 saturated carbocycles. The lowest BCUT2D eigenvalue weighted by Crippen LogP contribution is -2.33. The maximum absolute atomic E-state index is 12.7. The van der Waals surface area contributed by atoms with Gasteiger partial charge in [0, 0.05) is 28.9 Å². The minimum atomic E-state index is -0.276. The molecule has 7 heteroatoms. The molecule has 0 aromatic heterocycles. The molecule has 146 valence electrons. The highest BCUT2D eigenvalue weighted by Crippen LogP contribution is 2.32. The molecule has 28 heavy (non-hydrogen) atoms. The van der Waals surface area contributed by atoms with Crippen LogP contribution in [0.1, 0.15) is 19.4 Å². The molecule has 1 aliphatic heterocycles. The van der Waals surface area contributed by atoms with Gasteiger partial charge in [-0.05, 0) is 77.4 Å². The fourth-order valence-electron chi connectivity index (χ4n) is 2.93. The third kappa shape index (κ3) is 4.59. The van der Waals surface area contributed by atoms with Crippen LogP contribution in [0.4, 0.5) is 16.2 Å². The molecule has 2 aromatic carbocycles. The highest BCUT2D eigenvalue weighted by molar-refractivity contribution is 9.10. The zero-order valence-corrected chi connectivity index (χ0v) is 18.2. The molecule has 0 atom stereocenters. The predicted octanol–water partition coefficient (Wildman–Crippen LogP) is 5.40. The summed E-state index contributed by atoms with van der Waals surface area (Å²) in [6.07, 6.45) is 1.77. The summed E-state index contributed by atoms with van der Waals surface area (Å²) in [7, 11) is 0. The monoisotopic (exact) mass is 459 g/mol. The van der Waals surface area contributed by atoms with Gasteiger partial charge < -0.3 is 10.2 Å². The maximum Gasteiger partial charge on any atom is 0.295 e. The van der Waals surface area contributed by atoms with Crippen LogP contribution in [0.25, 0.3) is 6.08 Å². The van der Waals surface area contributed by atoms with Crippen molar-refractivity contribution >= 4 is 56.3 Å². The third-order valence-corrected chi connectivity index (χ3v) is 6.09. The minimum Gasteiger partial charge on any atom is -0.372 e. The van der Waals surface area contributed by atoms with Gasteiger partial charge in [-0.25, -0.2) is 0 Å². The summed E-state index contributed by atoms with van der Waals surface area (Å²) < 4.78 is 0.880. The zero-order chi connectivity index (χ0) is 20.1. The molecule has 1 N–H and O–H groups in total. The van der Waals surface area contributed by atoms with Gasteiger partial charge in [-0.1, -0.05) is 24.3 Å². The second-order valence-corrected chi connectivity index (χ2v) is 8.04. The molecule has 0 bridgehead atoms. The summed E-state index contributed by atoms with van der Waals surface area (Å²) >= 11 is 4.42. The topological polar surface area (TPSA) is 52.7 Å². The van der Waals surface area contributed by atoms with Crippen molar-refractivity contribution in [3.8, 4) is 0 Å². The van der Waals surface area contributed by atoms with Crippen LogP contribution in [0, 0.1) is 0 Å². The molecule has 1 saturated heterocycles. The van der Waals surface area contributed by atoms with E-state index in [1.54, 1.807) is 6.08 Å². The van der Waals surface area contributed by atoms with Gasteiger partial charge in [0.05, 0.1) is 11.6 Å². The number of amides is 2. The second kappa shape index (κ2) is 9.30. The van der Waals surface area contributed by atoms with E-state index >= 15 is 0 Å². The molecule has 0 spiro atoms. The first-order chi connectivity index (χ1) is 13.5. The van der Waals surface area contributed by atoms with E-state index in [0.717, 1.165) is 46.3 Å². The summed E-state index contributed by atoms with van der Waals surface area (Å²) in [5.74, 6) is -0.276. The summed E-state index contributed by atoms with van der Waals surface area (Å²) in [5, 5.41) is 2.86. The Labute approximate surface area is 177 Å². The molecule has 1 aliphatic rings. The molecule has 1 fully saturated rings. The summed E-state index contributed by atoms with van der Waals surface area (Å²) in [6.45, 7) is 6.26. The number of thioether (sulfide) groups is 1. The molecule has 0 aliphatic carbocycles. The van der Waals surface area contributed by atoms with Gasteiger partial charge >= 0.3 is 0 Å². The zero-order valence-electron chi connectivity index (χ0n) is 15.8. The number of hydrogen-bond acceptors (Lipinski definition) is 5. The number of halogens is 1. The number of para-hydroxylation sites is 1. The number of nitrogens with one attached hydrogen (secondary N) is 1. The number of hydrogen-bond donors (Lipinski definition) is 1. The van der Waals surface area contributed by atoms with Crippen LogP contribution in [0.15, 0.2) is 57.9 Å². The van der Waals surface area contributed by atoms with Crippen LogP contribution in [-0.2, 0) is 4.79 Å². The molecule has 3 rings (SSSR count). The Balaban J connectivity index is 1.69. The van der Waals surface area contributed by atoms with E-state index in [2.05, 4.69) is 40.0 Å². The van der Waals surface area contributed by atoms with Crippen LogP contribution in [0.2, 0.25) is 0 Å². The number of carbonyl (C=O) groups excluding carboxylic acids is 2. The first kappa shape index (κ1) is 20.5. The number of carbonyl (C=O) groups is 2. The van der Waals surface area contributed by atoms with Gasteiger partial charge in [0.1, 0.15) is 0 Å². The van der Waals surface area contributed by atoms with Crippen molar-refractivity contribution < 1.29 is 9.59 Å². The lowest BCUT2D eigenvalue weighted by atomic mass is 10.1. The Hall–Kier alpha value is -2.25. The quantitative estimate of drug-likeness (QED) is 0.561. The van der Waals surface area contributed by atoms with Gasteiger partial charge in [-0.15, -0.1) is 0 Å². The Morgan fingerprint density at radius 1 is 1.07 bits per heavy atom. The standard InChI is InChI=1S/C21H22BrN3O2S/c1-3-24(4-2)16-11-9-15(10-12-16)13-19-20(26)25(21(27)28-19)14-23-18-8-6-5-7-17(18)22/h5-13,23H,3-4,14H2,1-2H3. The smallest absolute Gasteiger partial charge is 0.295 e. The molecule has 2 aromatic rings. The van der Waals surface area contributed by atoms with Crippen molar-refractivity contribution in [3.05, 3.63) is 63.5 Å². The minimum absolute atomic E-state index is 0.130. The van der Waals surface area contributed by atoms with Crippen LogP contribution >= 0.6 is 27.7 Å². The van der Waals surface area contributed by atoms with E-state index in [1.165, 1.54) is 4.90 Å². The molecule has 5 nitrogen and oxygen atoms in total. The van der Waals surface area contributed by atoms with E-state index in [4.69, 9.17) is 0 Å². The average molecular weight is 460 g/mol. The van der Waals surface area contributed by atoms with Crippen LogP contribution in [0.3, 0.4) is 0 Å². The van der Waals surface area contributed by atoms with Crippen molar-refractivity contribution in [2.24, 2.45) is 0 Å². The Morgan fingerprint density at radius 3 is 2.39 bits per heavy atom. The highest BCUT2D eigenvalue weighted by Gasteiger charge is 2.34. The Bertz CT molecular complexity index is 895. The van der Waals surface area contributed by atoms with Gasteiger partial charge in [-0.2, -0.15) is 0 Å². The molecule has 0 unspecified atom stereocenters. The van der Waals surface area contributed by atoms with Gasteiger partial charge in [0.15, 0.2) is 0 Å². The van der Waals surface area contributed by atoms with E-state index in [0.29, 0.717) is 4.91 Å². The Kier molecular flexibility index (Phi) is 6.80. The highest BCUT2D eigenvalue weighted by atomic mass is 79.9. The van der Waals surface area contributed by atoms with Gasteiger partial charge in [0.25, 0.3) is 11.1 Å². The van der Waals surface area contributed by atoms with Crippen molar-refractivity contribution in [1.82, 2.24) is 4.90 Å². The SMILES string of the molecule is CCN(CC)c1ccc(C=C2SC(=O)N(CNc3ccccc3Br)C2=O)cc1. The van der Waals surface area contributed by atoms with Gasteiger partial charge in [-0.3, -0.25) is 14.5 Å². The average Bonchev–Trinajstić information content (AvgIpc) is 2.96. The number of anilines is 2. The first-order valence-electron chi connectivity index (χ1n) is 9.12. The number of rotatable bonds is 7. The first-order valence-corrected chi connectivity index (χ1v) is 10.7. The van der Waals surface area contributed by atoms with Crippen LogP contribution in [0.5, 0.6) is 0 Å². The lowest BCUT2D eigenvalue weighted by Gasteiger charge is -2.20. The second-order valence-electron chi connectivity index (χ2n) is 6.19. The molecular formula is C21H22BrN3O2S. The summed E-state index contributed by atoms with van der Waals surface area (Å²) in [6, 6.07) is 15.6. The van der Waals surface area contributed by atoms with E-state index in [-0.39, 0.29) is 17.8 Å². The van der Waals surface area contributed by atoms with Crippen molar-refractivity contribution in [3.63, 3.8) is 0 Å². The summed E-state index contributed by atoms with van der Waals surface area (Å²) in [5.41, 5.74) is 2.88. The van der Waals surface area contributed by atoms with E-state index in [1.807, 2.05) is 48.5 Å². The number of nitrogens with zero attached hydrogens (tertiary/aromatic N) is 2. The van der Waals surface area contributed by atoms with E-state index in [9.17, 15) is 9.59 Å². The van der Waals surface area contributed by atoms with Crippen LogP contribution in [-0.4, -0.2) is 35.8 Å². The maximum atomic E-state index is 12.7. The largest absolute Gasteiger partial charge is 0.372 e. The molecular weight excluding hydrogens is 438 g/mol. The van der Waals surface area contributed by atoms with Crippen LogP contribution < -0.4 is 10.2 Å². The fourth-order valence-corrected chi connectivity index (χ4v) is 4.19. The molecule has 0 radical (unpaired) electrons. The van der Waals surface area contributed by atoms with Gasteiger partial charge in [0.2, 0.25) is 0 Å². The Morgan fingerprint density at radius 2 is 1.75 bits per heavy atom. The van der Waals surface area contributed by atoms with Crippen molar-refractivity contribution in [2.45, 2.75) is 13.8 Å². The third-order valence-electron chi connectivity index (χ3n) is 4.49. The number of benzene rings is 2. The van der Waals surface area contributed by atoms with E-state index < -0.39 is 0 Å². The predicted molar refractivity (Wildman–Crippen MR) is 120 cm³/mol. The fraction of sp³-hybridized carbons (Fsp3) is 0.238. The lowest BCUT2D eigenvalue weighted by molar-refractivity contribution is -0.122. The summed E-state index contributed by atoms with van der Waals surface area (Å²) in [4.78, 5) is 28.8. The normalized spacial score (nSPS) is 15.4. The van der Waals surface area contributed by atoms with Crippen molar-refractivity contribution in [1.29, 1.82) is 0 Å². The van der Waals surface area contributed by atoms with Crippen molar-refractivity contribution in [2.75, 3.05) is 30.0 Å². The number of imide groups is 1. The molecule has 1 heterocycles. The molecule has 2 amide bonds.